The van der Waals surface area contributed by atoms with E-state index >= 15 is 0 Å². The van der Waals surface area contributed by atoms with Gasteiger partial charge in [-0.05, 0) is 36.2 Å². The van der Waals surface area contributed by atoms with Gasteiger partial charge in [-0.2, -0.15) is 0 Å². The molecule has 1 aromatic heterocycles. The van der Waals surface area contributed by atoms with Crippen molar-refractivity contribution >= 4 is 23.0 Å². The van der Waals surface area contributed by atoms with Gasteiger partial charge in [0.05, 0.1) is 5.69 Å². The Morgan fingerprint density at radius 2 is 1.64 bits per heavy atom. The summed E-state index contributed by atoms with van der Waals surface area (Å²) in [6.45, 7) is 5.23. The highest BCUT2D eigenvalue weighted by molar-refractivity contribution is 5.60. The van der Waals surface area contributed by atoms with E-state index in [1.165, 1.54) is 11.6 Å². The first-order valence-corrected chi connectivity index (χ1v) is 9.65. The fourth-order valence-corrected chi connectivity index (χ4v) is 3.44. The summed E-state index contributed by atoms with van der Waals surface area (Å²) < 4.78 is 14.0. The number of benzene rings is 2. The van der Waals surface area contributed by atoms with E-state index < -0.39 is 0 Å². The summed E-state index contributed by atoms with van der Waals surface area (Å²) >= 11 is 0. The first-order chi connectivity index (χ1) is 13.7. The number of anilines is 4. The van der Waals surface area contributed by atoms with Gasteiger partial charge in [-0.1, -0.05) is 31.2 Å². The van der Waals surface area contributed by atoms with Crippen molar-refractivity contribution in [3.8, 4) is 0 Å². The zero-order valence-corrected chi connectivity index (χ0v) is 16.0. The van der Waals surface area contributed by atoms with Crippen LogP contribution < -0.4 is 15.1 Å². The fraction of sp³-hybridized carbons (Fsp3) is 0.273. The maximum Gasteiger partial charge on any atom is 0.146 e. The van der Waals surface area contributed by atoms with Gasteiger partial charge in [-0.15, -0.1) is 0 Å². The Labute approximate surface area is 164 Å². The molecule has 5 nitrogen and oxygen atoms in total. The molecule has 0 bridgehead atoms. The minimum atomic E-state index is -0.168. The van der Waals surface area contributed by atoms with Gasteiger partial charge in [0.15, 0.2) is 0 Å². The molecule has 2 aromatic carbocycles. The van der Waals surface area contributed by atoms with E-state index in [4.69, 9.17) is 0 Å². The van der Waals surface area contributed by atoms with Crippen molar-refractivity contribution in [2.75, 3.05) is 41.3 Å². The van der Waals surface area contributed by atoms with Crippen LogP contribution in [0.4, 0.5) is 27.4 Å². The summed E-state index contributed by atoms with van der Waals surface area (Å²) in [6.07, 6.45) is 2.61. The van der Waals surface area contributed by atoms with Gasteiger partial charge in [0.25, 0.3) is 0 Å². The molecule has 3 aromatic rings. The van der Waals surface area contributed by atoms with Crippen LogP contribution in [0.5, 0.6) is 0 Å². The zero-order valence-electron chi connectivity index (χ0n) is 16.0. The molecule has 1 N–H and O–H groups in total. The van der Waals surface area contributed by atoms with Gasteiger partial charge in [0.2, 0.25) is 0 Å². The lowest BCUT2D eigenvalue weighted by Crippen LogP contribution is -2.47. The monoisotopic (exact) mass is 377 g/mol. The predicted octanol–water partition coefficient (Wildman–Crippen LogP) is 4.25. The maximum atomic E-state index is 14.0. The third-order valence-corrected chi connectivity index (χ3v) is 5.08. The molecule has 6 heteroatoms. The molecule has 0 unspecified atom stereocenters. The molecule has 28 heavy (non-hydrogen) atoms. The Balaban J connectivity index is 1.41. The topological polar surface area (TPSA) is 44.3 Å². The Hall–Kier alpha value is -3.15. The van der Waals surface area contributed by atoms with Crippen molar-refractivity contribution in [2.45, 2.75) is 13.3 Å². The molecule has 0 radical (unpaired) electrons. The van der Waals surface area contributed by atoms with Crippen molar-refractivity contribution in [3.05, 3.63) is 72.3 Å². The summed E-state index contributed by atoms with van der Waals surface area (Å²) in [7, 11) is 0. The van der Waals surface area contributed by atoms with Crippen LogP contribution in [-0.2, 0) is 6.42 Å². The van der Waals surface area contributed by atoms with Crippen LogP contribution >= 0.6 is 0 Å². The van der Waals surface area contributed by atoms with Crippen LogP contribution in [0.1, 0.15) is 12.5 Å². The van der Waals surface area contributed by atoms with Crippen LogP contribution in [0.25, 0.3) is 0 Å². The van der Waals surface area contributed by atoms with Crippen LogP contribution in [-0.4, -0.2) is 36.1 Å². The Morgan fingerprint density at radius 1 is 0.929 bits per heavy atom. The molecule has 0 atom stereocenters. The number of rotatable bonds is 5. The number of piperazine rings is 1. The summed E-state index contributed by atoms with van der Waals surface area (Å²) in [4.78, 5) is 13.1. The van der Waals surface area contributed by atoms with Crippen LogP contribution in [0.3, 0.4) is 0 Å². The van der Waals surface area contributed by atoms with Crippen LogP contribution in [0.15, 0.2) is 60.9 Å². The van der Waals surface area contributed by atoms with Crippen molar-refractivity contribution in [3.63, 3.8) is 0 Å². The number of hydrogen-bond donors (Lipinski definition) is 1. The van der Waals surface area contributed by atoms with E-state index in [2.05, 4.69) is 56.3 Å². The second-order valence-electron chi connectivity index (χ2n) is 6.86. The lowest BCUT2D eigenvalue weighted by Gasteiger charge is -2.36. The molecule has 4 rings (SSSR count). The van der Waals surface area contributed by atoms with E-state index in [-0.39, 0.29) is 5.82 Å². The number of aromatic nitrogens is 2. The van der Waals surface area contributed by atoms with Gasteiger partial charge < -0.3 is 15.1 Å². The largest absolute Gasteiger partial charge is 0.366 e. The highest BCUT2D eigenvalue weighted by Gasteiger charge is 2.20. The molecular formula is C22H24FN5. The van der Waals surface area contributed by atoms with Gasteiger partial charge in [-0.3, -0.25) is 0 Å². The highest BCUT2D eigenvalue weighted by atomic mass is 19.1. The summed E-state index contributed by atoms with van der Waals surface area (Å²) in [5.74, 6) is 1.49. The third-order valence-electron chi connectivity index (χ3n) is 5.08. The number of hydrogen-bond acceptors (Lipinski definition) is 5. The molecule has 1 fully saturated rings. The fourth-order valence-electron chi connectivity index (χ4n) is 3.44. The second-order valence-corrected chi connectivity index (χ2v) is 6.86. The summed E-state index contributed by atoms with van der Waals surface area (Å²) in [5, 5.41) is 3.34. The molecule has 1 saturated heterocycles. The van der Waals surface area contributed by atoms with Crippen molar-refractivity contribution in [1.29, 1.82) is 0 Å². The Kier molecular flexibility index (Phi) is 5.37. The van der Waals surface area contributed by atoms with Gasteiger partial charge in [0, 0.05) is 37.9 Å². The van der Waals surface area contributed by atoms with Crippen molar-refractivity contribution in [1.82, 2.24) is 9.97 Å². The molecule has 1 aliphatic rings. The van der Waals surface area contributed by atoms with Crippen LogP contribution in [0.2, 0.25) is 0 Å². The van der Waals surface area contributed by atoms with E-state index in [0.29, 0.717) is 5.69 Å². The lowest BCUT2D eigenvalue weighted by atomic mass is 10.1. The van der Waals surface area contributed by atoms with Gasteiger partial charge >= 0.3 is 0 Å². The normalized spacial score (nSPS) is 14.2. The van der Waals surface area contributed by atoms with E-state index in [9.17, 15) is 4.39 Å². The molecule has 0 spiro atoms. The number of aryl methyl sites for hydroxylation is 1. The number of nitrogens with zero attached hydrogens (tertiary/aromatic N) is 4. The van der Waals surface area contributed by atoms with Gasteiger partial charge in [0.1, 0.15) is 23.8 Å². The maximum absolute atomic E-state index is 14.0. The molecule has 144 valence electrons. The SMILES string of the molecule is CCc1ccc(Nc2cc(N3CCN(c4ccccc4F)CC3)ncn2)cc1. The first kappa shape index (κ1) is 18.2. The first-order valence-electron chi connectivity index (χ1n) is 9.65. The lowest BCUT2D eigenvalue weighted by molar-refractivity contribution is 0.596. The Bertz CT molecular complexity index is 920. The second kappa shape index (κ2) is 8.25. The van der Waals surface area contributed by atoms with E-state index in [1.807, 2.05) is 18.2 Å². The molecule has 0 aliphatic carbocycles. The van der Waals surface area contributed by atoms with Crippen molar-refractivity contribution < 1.29 is 4.39 Å². The minimum Gasteiger partial charge on any atom is -0.366 e. The van der Waals surface area contributed by atoms with Crippen molar-refractivity contribution in [2.24, 2.45) is 0 Å². The minimum absolute atomic E-state index is 0.168. The van der Waals surface area contributed by atoms with E-state index in [1.54, 1.807) is 12.4 Å². The van der Waals surface area contributed by atoms with Crippen LogP contribution in [0, 0.1) is 5.82 Å². The van der Waals surface area contributed by atoms with E-state index in [0.717, 1.165) is 49.9 Å². The zero-order chi connectivity index (χ0) is 19.3. The third kappa shape index (κ3) is 4.06. The number of para-hydroxylation sites is 1. The van der Waals surface area contributed by atoms with Gasteiger partial charge in [-0.25, -0.2) is 14.4 Å². The standard InChI is InChI=1S/C22H24FN5/c1-2-17-7-9-18(10-8-17)26-21-15-22(25-16-24-21)28-13-11-27(12-14-28)20-6-4-3-5-19(20)23/h3-10,15-16H,2,11-14H2,1H3,(H,24,25,26). The Morgan fingerprint density at radius 3 is 2.36 bits per heavy atom. The molecular weight excluding hydrogens is 353 g/mol. The molecule has 1 aliphatic heterocycles. The number of halogens is 1. The highest BCUT2D eigenvalue weighted by Crippen LogP contribution is 2.23. The summed E-state index contributed by atoms with van der Waals surface area (Å²) in [6, 6.07) is 17.3. The quantitative estimate of drug-likeness (QED) is 0.720. The number of nitrogens with one attached hydrogen (secondary N) is 1. The molecule has 0 amide bonds. The molecule has 0 saturated carbocycles. The predicted molar refractivity (Wildman–Crippen MR) is 112 cm³/mol. The smallest absolute Gasteiger partial charge is 0.146 e. The molecule has 2 heterocycles. The summed E-state index contributed by atoms with van der Waals surface area (Å²) in [5.41, 5.74) is 2.98. The average molecular weight is 377 g/mol. The average Bonchev–Trinajstić information content (AvgIpc) is 2.75.